The third-order valence-corrected chi connectivity index (χ3v) is 5.07. The van der Waals surface area contributed by atoms with Crippen LogP contribution in [0.3, 0.4) is 0 Å². The second-order valence-corrected chi connectivity index (χ2v) is 7.30. The Bertz CT molecular complexity index is 748. The lowest BCUT2D eigenvalue weighted by Crippen LogP contribution is -2.25. The number of hydrogen-bond donors (Lipinski definition) is 1. The Morgan fingerprint density at radius 1 is 1.15 bits per heavy atom. The SMILES string of the molecule is CCOc1cc(CNC[C@@H]2CCCO2)cc(Cl)c1OCc1ccccc1Cl. The summed E-state index contributed by atoms with van der Waals surface area (Å²) in [5.41, 5.74) is 1.95. The summed E-state index contributed by atoms with van der Waals surface area (Å²) < 4.78 is 17.3. The zero-order chi connectivity index (χ0) is 19.1. The standard InChI is InChI=1S/C21H25Cl2NO3/c1-2-25-20-11-15(12-24-13-17-7-5-9-26-17)10-19(23)21(20)27-14-16-6-3-4-8-18(16)22/h3-4,6,8,10-11,17,24H,2,5,7,9,12-14H2,1H3/t17-/m0/s1. The Morgan fingerprint density at radius 3 is 2.74 bits per heavy atom. The van der Waals surface area contributed by atoms with Crippen molar-refractivity contribution < 1.29 is 14.2 Å². The van der Waals surface area contributed by atoms with Crippen LogP contribution in [0.5, 0.6) is 11.5 Å². The Labute approximate surface area is 170 Å². The smallest absolute Gasteiger partial charge is 0.180 e. The van der Waals surface area contributed by atoms with Gasteiger partial charge in [0.2, 0.25) is 0 Å². The molecule has 0 amide bonds. The average molecular weight is 410 g/mol. The first-order valence-electron chi connectivity index (χ1n) is 9.31. The summed E-state index contributed by atoms with van der Waals surface area (Å²) in [5.74, 6) is 1.19. The lowest BCUT2D eigenvalue weighted by atomic mass is 10.2. The van der Waals surface area contributed by atoms with Crippen LogP contribution in [0.15, 0.2) is 36.4 Å². The van der Waals surface area contributed by atoms with Crippen molar-refractivity contribution in [2.24, 2.45) is 0 Å². The van der Waals surface area contributed by atoms with E-state index in [4.69, 9.17) is 37.4 Å². The highest BCUT2D eigenvalue weighted by Crippen LogP contribution is 2.37. The van der Waals surface area contributed by atoms with Crippen molar-refractivity contribution in [3.63, 3.8) is 0 Å². The molecule has 4 nitrogen and oxygen atoms in total. The Kier molecular flexibility index (Phi) is 7.65. The van der Waals surface area contributed by atoms with Crippen molar-refractivity contribution in [2.75, 3.05) is 19.8 Å². The Hall–Kier alpha value is -1.46. The lowest BCUT2D eigenvalue weighted by molar-refractivity contribution is 0.110. The number of halogens is 2. The lowest BCUT2D eigenvalue weighted by Gasteiger charge is -2.16. The maximum atomic E-state index is 6.49. The van der Waals surface area contributed by atoms with Gasteiger partial charge < -0.3 is 19.5 Å². The van der Waals surface area contributed by atoms with Gasteiger partial charge in [0.1, 0.15) is 6.61 Å². The van der Waals surface area contributed by atoms with E-state index >= 15 is 0 Å². The van der Waals surface area contributed by atoms with Gasteiger partial charge in [0.15, 0.2) is 11.5 Å². The second kappa shape index (κ2) is 10.2. The van der Waals surface area contributed by atoms with E-state index in [0.717, 1.165) is 37.1 Å². The minimum absolute atomic E-state index is 0.310. The predicted octanol–water partition coefficient (Wildman–Crippen LogP) is 5.24. The summed E-state index contributed by atoms with van der Waals surface area (Å²) in [7, 11) is 0. The van der Waals surface area contributed by atoms with Crippen LogP contribution in [0.2, 0.25) is 10.0 Å². The van der Waals surface area contributed by atoms with Gasteiger partial charge in [0.05, 0.1) is 17.7 Å². The molecule has 2 aromatic carbocycles. The van der Waals surface area contributed by atoms with Crippen LogP contribution in [0.1, 0.15) is 30.9 Å². The molecule has 0 unspecified atom stereocenters. The fourth-order valence-electron chi connectivity index (χ4n) is 3.07. The molecule has 3 rings (SSSR count). The van der Waals surface area contributed by atoms with Crippen LogP contribution >= 0.6 is 23.2 Å². The van der Waals surface area contributed by atoms with Crippen LogP contribution in [-0.2, 0) is 17.9 Å². The Balaban J connectivity index is 1.66. The number of nitrogens with one attached hydrogen (secondary N) is 1. The van der Waals surface area contributed by atoms with E-state index in [1.807, 2.05) is 43.3 Å². The van der Waals surface area contributed by atoms with Gasteiger partial charge in [0.25, 0.3) is 0 Å². The van der Waals surface area contributed by atoms with Gasteiger partial charge >= 0.3 is 0 Å². The molecule has 1 saturated heterocycles. The first-order valence-corrected chi connectivity index (χ1v) is 10.1. The molecule has 0 aliphatic carbocycles. The summed E-state index contributed by atoms with van der Waals surface area (Å²) in [6, 6.07) is 11.5. The van der Waals surface area contributed by atoms with E-state index in [0.29, 0.717) is 47.4 Å². The molecule has 6 heteroatoms. The van der Waals surface area contributed by atoms with Crippen molar-refractivity contribution >= 4 is 23.2 Å². The fourth-order valence-corrected chi connectivity index (χ4v) is 3.55. The molecule has 146 valence electrons. The zero-order valence-electron chi connectivity index (χ0n) is 15.5. The molecule has 0 aromatic heterocycles. The van der Waals surface area contributed by atoms with Crippen molar-refractivity contribution in [3.05, 3.63) is 57.6 Å². The van der Waals surface area contributed by atoms with Gasteiger partial charge in [-0.1, -0.05) is 41.4 Å². The van der Waals surface area contributed by atoms with Crippen molar-refractivity contribution in [1.29, 1.82) is 0 Å². The van der Waals surface area contributed by atoms with Crippen LogP contribution < -0.4 is 14.8 Å². The van der Waals surface area contributed by atoms with Crippen LogP contribution in [0, 0.1) is 0 Å². The molecule has 1 fully saturated rings. The van der Waals surface area contributed by atoms with E-state index < -0.39 is 0 Å². The van der Waals surface area contributed by atoms with Crippen LogP contribution in [0.4, 0.5) is 0 Å². The second-order valence-electron chi connectivity index (χ2n) is 6.48. The molecule has 1 aliphatic rings. The highest BCUT2D eigenvalue weighted by Gasteiger charge is 2.16. The number of hydrogen-bond acceptors (Lipinski definition) is 4. The molecule has 27 heavy (non-hydrogen) atoms. The van der Waals surface area contributed by atoms with Gasteiger partial charge in [-0.2, -0.15) is 0 Å². The van der Waals surface area contributed by atoms with Crippen molar-refractivity contribution in [1.82, 2.24) is 5.32 Å². The predicted molar refractivity (Wildman–Crippen MR) is 109 cm³/mol. The van der Waals surface area contributed by atoms with E-state index in [1.165, 1.54) is 0 Å². The van der Waals surface area contributed by atoms with Gasteiger partial charge in [-0.3, -0.25) is 0 Å². The average Bonchev–Trinajstić information content (AvgIpc) is 3.16. The van der Waals surface area contributed by atoms with Crippen LogP contribution in [-0.4, -0.2) is 25.9 Å². The summed E-state index contributed by atoms with van der Waals surface area (Å²) in [6.07, 6.45) is 2.57. The summed E-state index contributed by atoms with van der Waals surface area (Å²) in [5, 5.41) is 4.63. The monoisotopic (exact) mass is 409 g/mol. The molecule has 0 bridgehead atoms. The molecule has 1 heterocycles. The number of benzene rings is 2. The first kappa shape index (κ1) is 20.3. The summed E-state index contributed by atoms with van der Waals surface area (Å²) in [6.45, 7) is 5.21. The van der Waals surface area contributed by atoms with Crippen molar-refractivity contribution in [3.8, 4) is 11.5 Å². The molecular weight excluding hydrogens is 385 g/mol. The molecule has 0 radical (unpaired) electrons. The maximum absolute atomic E-state index is 6.49. The van der Waals surface area contributed by atoms with E-state index in [1.54, 1.807) is 0 Å². The summed E-state index contributed by atoms with van der Waals surface area (Å²) in [4.78, 5) is 0. The zero-order valence-corrected chi connectivity index (χ0v) is 17.0. The molecule has 1 aliphatic heterocycles. The van der Waals surface area contributed by atoms with E-state index in [9.17, 15) is 0 Å². The first-order chi connectivity index (χ1) is 13.2. The van der Waals surface area contributed by atoms with Gasteiger partial charge in [0, 0.05) is 30.3 Å². The van der Waals surface area contributed by atoms with Crippen molar-refractivity contribution in [2.45, 2.75) is 39.0 Å². The molecule has 2 aromatic rings. The molecule has 0 saturated carbocycles. The molecular formula is C21H25Cl2NO3. The quantitative estimate of drug-likeness (QED) is 0.614. The highest BCUT2D eigenvalue weighted by molar-refractivity contribution is 6.32. The normalized spacial score (nSPS) is 16.5. The maximum Gasteiger partial charge on any atom is 0.180 e. The number of ether oxygens (including phenoxy) is 3. The fraction of sp³-hybridized carbons (Fsp3) is 0.429. The highest BCUT2D eigenvalue weighted by atomic mass is 35.5. The van der Waals surface area contributed by atoms with E-state index in [-0.39, 0.29) is 0 Å². The van der Waals surface area contributed by atoms with Gasteiger partial charge in [-0.15, -0.1) is 0 Å². The molecule has 1 N–H and O–H groups in total. The largest absolute Gasteiger partial charge is 0.490 e. The minimum Gasteiger partial charge on any atom is -0.490 e. The Morgan fingerprint density at radius 2 is 2.00 bits per heavy atom. The minimum atomic E-state index is 0.310. The third kappa shape index (κ3) is 5.76. The van der Waals surface area contributed by atoms with Gasteiger partial charge in [-0.25, -0.2) is 0 Å². The molecule has 1 atom stereocenters. The van der Waals surface area contributed by atoms with E-state index in [2.05, 4.69) is 5.32 Å². The molecule has 0 spiro atoms. The summed E-state index contributed by atoms with van der Waals surface area (Å²) >= 11 is 12.7. The van der Waals surface area contributed by atoms with Crippen LogP contribution in [0.25, 0.3) is 0 Å². The third-order valence-electron chi connectivity index (χ3n) is 4.42. The topological polar surface area (TPSA) is 39.7 Å². The number of rotatable bonds is 9. The van der Waals surface area contributed by atoms with Gasteiger partial charge in [-0.05, 0) is 43.5 Å².